The van der Waals surface area contributed by atoms with Crippen molar-refractivity contribution in [3.63, 3.8) is 0 Å². The topological polar surface area (TPSA) is 83.8 Å². The minimum absolute atomic E-state index is 0.337. The minimum atomic E-state index is -4.33. The zero-order chi connectivity index (χ0) is 18.6. The second-order valence-electron chi connectivity index (χ2n) is 6.74. The average molecular weight is 364 g/mol. The first-order chi connectivity index (χ1) is 11.3. The van der Waals surface area contributed by atoms with Crippen LogP contribution in [0.5, 0.6) is 0 Å². The van der Waals surface area contributed by atoms with E-state index in [4.69, 9.17) is 4.74 Å². The quantitative estimate of drug-likeness (QED) is 0.256. The molecule has 0 saturated heterocycles. The summed E-state index contributed by atoms with van der Waals surface area (Å²) in [7, 11) is -4.33. The molecule has 0 spiro atoms. The molecule has 24 heavy (non-hydrogen) atoms. The van der Waals surface area contributed by atoms with E-state index in [9.17, 15) is 19.1 Å². The van der Waals surface area contributed by atoms with Crippen molar-refractivity contribution in [3.05, 3.63) is 0 Å². The lowest BCUT2D eigenvalue weighted by Gasteiger charge is -2.35. The third-order valence-electron chi connectivity index (χ3n) is 5.20. The van der Waals surface area contributed by atoms with Gasteiger partial charge in [0.2, 0.25) is 0 Å². The molecule has 1 atom stereocenters. The van der Waals surface area contributed by atoms with Crippen molar-refractivity contribution in [3.8, 4) is 0 Å². The summed E-state index contributed by atoms with van der Waals surface area (Å²) in [6, 6.07) is 0. The van der Waals surface area contributed by atoms with Gasteiger partial charge in [-0.1, -0.05) is 65.7 Å². The number of unbranched alkanes of at least 4 members (excludes halogenated alkanes) is 7. The molecule has 2 N–H and O–H groups in total. The Labute approximate surface area is 147 Å². The molecule has 6 heteroatoms. The standard InChI is InChI=1S/C18H37O5P/c1-5-8-9-10-11-12-13-14-15-23-17(19)18(6-2,7-3)16(4)24(20,21)22/h16H,5-15H2,1-4H3,(H2,20,21,22). The molecule has 1 unspecified atom stereocenters. The van der Waals surface area contributed by atoms with Crippen LogP contribution in [0.25, 0.3) is 0 Å². The molecule has 0 aromatic heterocycles. The molecule has 0 amide bonds. The fraction of sp³-hybridized carbons (Fsp3) is 0.944. The number of carbonyl (C=O) groups is 1. The number of esters is 1. The van der Waals surface area contributed by atoms with E-state index in [1.165, 1.54) is 39.0 Å². The highest BCUT2D eigenvalue weighted by atomic mass is 31.2. The number of hydrogen-bond acceptors (Lipinski definition) is 3. The molecule has 0 aromatic carbocycles. The molecule has 0 radical (unpaired) electrons. The fourth-order valence-corrected chi connectivity index (χ4v) is 4.28. The molecule has 0 aliphatic rings. The second kappa shape index (κ2) is 12.1. The van der Waals surface area contributed by atoms with Gasteiger partial charge < -0.3 is 14.5 Å². The van der Waals surface area contributed by atoms with Gasteiger partial charge in [0.05, 0.1) is 17.7 Å². The third kappa shape index (κ3) is 7.67. The molecule has 0 aromatic rings. The maximum atomic E-state index is 12.5. The van der Waals surface area contributed by atoms with Gasteiger partial charge in [0.25, 0.3) is 0 Å². The van der Waals surface area contributed by atoms with Gasteiger partial charge in [-0.25, -0.2) is 0 Å². The third-order valence-corrected chi connectivity index (χ3v) is 6.71. The SMILES string of the molecule is CCCCCCCCCCOC(=O)C(CC)(CC)C(C)P(=O)(O)O. The van der Waals surface area contributed by atoms with E-state index in [1.807, 2.05) is 0 Å². The second-order valence-corrected chi connectivity index (χ2v) is 8.69. The van der Waals surface area contributed by atoms with Crippen LogP contribution in [0.2, 0.25) is 0 Å². The van der Waals surface area contributed by atoms with Crippen molar-refractivity contribution in [1.82, 2.24) is 0 Å². The van der Waals surface area contributed by atoms with Crippen LogP contribution in [0.1, 0.15) is 91.9 Å². The van der Waals surface area contributed by atoms with Crippen LogP contribution in [0.3, 0.4) is 0 Å². The number of rotatable bonds is 14. The van der Waals surface area contributed by atoms with Crippen molar-refractivity contribution < 1.29 is 23.9 Å². The van der Waals surface area contributed by atoms with Crippen LogP contribution in [-0.4, -0.2) is 28.0 Å². The number of hydrogen-bond donors (Lipinski definition) is 2. The summed E-state index contributed by atoms with van der Waals surface area (Å²) in [5.74, 6) is -0.466. The van der Waals surface area contributed by atoms with Gasteiger partial charge in [-0.3, -0.25) is 9.36 Å². The summed E-state index contributed by atoms with van der Waals surface area (Å²) >= 11 is 0. The Morgan fingerprint density at radius 1 is 0.958 bits per heavy atom. The van der Waals surface area contributed by atoms with Crippen molar-refractivity contribution >= 4 is 13.6 Å². The molecule has 5 nitrogen and oxygen atoms in total. The van der Waals surface area contributed by atoms with Gasteiger partial charge in [0.15, 0.2) is 0 Å². The smallest absolute Gasteiger partial charge is 0.329 e. The van der Waals surface area contributed by atoms with E-state index >= 15 is 0 Å². The maximum absolute atomic E-state index is 12.5. The van der Waals surface area contributed by atoms with Crippen LogP contribution in [0, 0.1) is 5.41 Å². The maximum Gasteiger partial charge on any atom is 0.329 e. The first-order valence-electron chi connectivity index (χ1n) is 9.48. The Kier molecular flexibility index (Phi) is 11.9. The summed E-state index contributed by atoms with van der Waals surface area (Å²) in [5, 5.41) is 0. The lowest BCUT2D eigenvalue weighted by Crippen LogP contribution is -2.41. The molecular weight excluding hydrogens is 327 g/mol. The Balaban J connectivity index is 4.25. The van der Waals surface area contributed by atoms with Crippen molar-refractivity contribution in [1.29, 1.82) is 0 Å². The zero-order valence-corrected chi connectivity index (χ0v) is 16.8. The van der Waals surface area contributed by atoms with Crippen LogP contribution in [-0.2, 0) is 14.1 Å². The van der Waals surface area contributed by atoms with E-state index < -0.39 is 24.6 Å². The van der Waals surface area contributed by atoms with Crippen LogP contribution < -0.4 is 0 Å². The largest absolute Gasteiger partial charge is 0.465 e. The molecular formula is C18H37O5P. The van der Waals surface area contributed by atoms with Crippen molar-refractivity contribution in [2.24, 2.45) is 5.41 Å². The predicted molar refractivity (Wildman–Crippen MR) is 98.1 cm³/mol. The monoisotopic (exact) mass is 364 g/mol. The minimum Gasteiger partial charge on any atom is -0.465 e. The van der Waals surface area contributed by atoms with Crippen LogP contribution >= 0.6 is 7.60 Å². The highest BCUT2D eigenvalue weighted by Crippen LogP contribution is 2.52. The Bertz CT molecular complexity index is 387. The highest BCUT2D eigenvalue weighted by molar-refractivity contribution is 7.52. The first kappa shape index (κ1) is 23.6. The first-order valence-corrected chi connectivity index (χ1v) is 11.2. The molecule has 0 fully saturated rings. The lowest BCUT2D eigenvalue weighted by molar-refractivity contribution is -0.157. The van der Waals surface area contributed by atoms with Gasteiger partial charge in [0.1, 0.15) is 0 Å². The van der Waals surface area contributed by atoms with Gasteiger partial charge in [-0.2, -0.15) is 0 Å². The molecule has 0 heterocycles. The summed E-state index contributed by atoms with van der Waals surface area (Å²) < 4.78 is 17.0. The fourth-order valence-electron chi connectivity index (χ4n) is 3.17. The lowest BCUT2D eigenvalue weighted by atomic mass is 9.79. The summed E-state index contributed by atoms with van der Waals surface area (Å²) in [4.78, 5) is 31.4. The highest BCUT2D eigenvalue weighted by Gasteiger charge is 2.49. The van der Waals surface area contributed by atoms with E-state index in [-0.39, 0.29) is 0 Å². The number of ether oxygens (including phenoxy) is 1. The van der Waals surface area contributed by atoms with E-state index in [0.29, 0.717) is 19.4 Å². The molecule has 0 rings (SSSR count). The van der Waals surface area contributed by atoms with Crippen molar-refractivity contribution in [2.75, 3.05) is 6.61 Å². The summed E-state index contributed by atoms with van der Waals surface area (Å²) in [6.07, 6.45) is 10.0. The Morgan fingerprint density at radius 2 is 1.42 bits per heavy atom. The van der Waals surface area contributed by atoms with Crippen LogP contribution in [0.4, 0.5) is 0 Å². The van der Waals surface area contributed by atoms with E-state index in [2.05, 4.69) is 6.92 Å². The van der Waals surface area contributed by atoms with Gasteiger partial charge in [-0.15, -0.1) is 0 Å². The van der Waals surface area contributed by atoms with E-state index in [0.717, 1.165) is 19.3 Å². The molecule has 0 bridgehead atoms. The Hall–Kier alpha value is -0.380. The van der Waals surface area contributed by atoms with Gasteiger partial charge >= 0.3 is 13.6 Å². The normalized spacial score (nSPS) is 13.8. The molecule has 0 aliphatic carbocycles. The molecule has 0 aliphatic heterocycles. The van der Waals surface area contributed by atoms with Crippen LogP contribution in [0.15, 0.2) is 0 Å². The van der Waals surface area contributed by atoms with E-state index in [1.54, 1.807) is 13.8 Å². The molecule has 144 valence electrons. The number of carbonyl (C=O) groups excluding carboxylic acids is 1. The zero-order valence-electron chi connectivity index (χ0n) is 15.9. The van der Waals surface area contributed by atoms with Gasteiger partial charge in [-0.05, 0) is 26.2 Å². The average Bonchev–Trinajstić information content (AvgIpc) is 2.54. The predicted octanol–water partition coefficient (Wildman–Crippen LogP) is 5.04. The molecule has 0 saturated carbocycles. The Morgan fingerprint density at radius 3 is 1.83 bits per heavy atom. The van der Waals surface area contributed by atoms with Gasteiger partial charge in [0, 0.05) is 0 Å². The summed E-state index contributed by atoms with van der Waals surface area (Å²) in [6.45, 7) is 7.56. The van der Waals surface area contributed by atoms with Crippen molar-refractivity contribution in [2.45, 2.75) is 97.6 Å². The summed E-state index contributed by atoms with van der Waals surface area (Å²) in [5.41, 5.74) is -2.12.